The highest BCUT2D eigenvalue weighted by molar-refractivity contribution is 6.33. The minimum Gasteiger partial charge on any atom is -0.350 e. The van der Waals surface area contributed by atoms with Gasteiger partial charge in [-0.2, -0.15) is 4.98 Å². The van der Waals surface area contributed by atoms with E-state index >= 15 is 0 Å². The third kappa shape index (κ3) is 4.48. The largest absolute Gasteiger partial charge is 0.350 e. The highest BCUT2D eigenvalue weighted by atomic mass is 35.5. The Morgan fingerprint density at radius 3 is 2.82 bits per heavy atom. The molecular formula is C25H25ClF2N6. The van der Waals surface area contributed by atoms with Gasteiger partial charge < -0.3 is 15.2 Å². The topological polar surface area (TPSA) is 67.7 Å². The van der Waals surface area contributed by atoms with E-state index in [0.717, 1.165) is 31.5 Å². The third-order valence-electron chi connectivity index (χ3n) is 6.23. The van der Waals surface area contributed by atoms with Gasteiger partial charge >= 0.3 is 0 Å². The van der Waals surface area contributed by atoms with Crippen molar-refractivity contribution in [3.8, 4) is 11.4 Å². The summed E-state index contributed by atoms with van der Waals surface area (Å²) in [4.78, 5) is 13.7. The van der Waals surface area contributed by atoms with E-state index in [1.807, 2.05) is 17.6 Å². The van der Waals surface area contributed by atoms with Gasteiger partial charge in [-0.25, -0.2) is 18.7 Å². The summed E-state index contributed by atoms with van der Waals surface area (Å²) in [5.41, 5.74) is 2.99. The summed E-state index contributed by atoms with van der Waals surface area (Å²) in [7, 11) is 0. The monoisotopic (exact) mass is 482 g/mol. The van der Waals surface area contributed by atoms with Crippen molar-refractivity contribution < 1.29 is 8.78 Å². The first kappa shape index (κ1) is 22.7. The first-order valence-corrected chi connectivity index (χ1v) is 11.8. The lowest BCUT2D eigenvalue weighted by Crippen LogP contribution is -2.16. The molecule has 1 unspecified atom stereocenters. The molecule has 5 rings (SSSR count). The van der Waals surface area contributed by atoms with Gasteiger partial charge in [-0.1, -0.05) is 36.7 Å². The average Bonchev–Trinajstić information content (AvgIpc) is 3.47. The van der Waals surface area contributed by atoms with E-state index in [1.54, 1.807) is 24.4 Å². The van der Waals surface area contributed by atoms with Crippen molar-refractivity contribution in [3.05, 3.63) is 70.4 Å². The fraction of sp³-hybridized carbons (Fsp3) is 0.320. The van der Waals surface area contributed by atoms with Crippen LogP contribution in [0.2, 0.25) is 5.02 Å². The number of rotatable bonds is 7. The fourth-order valence-corrected chi connectivity index (χ4v) is 4.61. The van der Waals surface area contributed by atoms with Gasteiger partial charge in [-0.05, 0) is 55.6 Å². The predicted molar refractivity (Wildman–Crippen MR) is 130 cm³/mol. The van der Waals surface area contributed by atoms with Gasteiger partial charge in [0.1, 0.15) is 23.0 Å². The molecule has 0 spiro atoms. The van der Waals surface area contributed by atoms with Crippen molar-refractivity contribution in [2.24, 2.45) is 5.92 Å². The summed E-state index contributed by atoms with van der Waals surface area (Å²) in [6.45, 7) is 4.71. The number of benzene rings is 2. The molecule has 6 nitrogen and oxygen atoms in total. The molecule has 2 aromatic heterocycles. The van der Waals surface area contributed by atoms with Crippen molar-refractivity contribution in [2.75, 3.05) is 18.4 Å². The number of aromatic nitrogens is 4. The van der Waals surface area contributed by atoms with Crippen LogP contribution in [0.5, 0.6) is 0 Å². The van der Waals surface area contributed by atoms with Crippen molar-refractivity contribution >= 4 is 28.7 Å². The molecule has 9 heteroatoms. The second-order valence-electron chi connectivity index (χ2n) is 8.54. The Balaban J connectivity index is 1.53. The van der Waals surface area contributed by atoms with Gasteiger partial charge in [0.2, 0.25) is 5.95 Å². The smallest absolute Gasteiger partial charge is 0.225 e. The average molecular weight is 483 g/mol. The summed E-state index contributed by atoms with van der Waals surface area (Å²) in [6, 6.07) is 9.71. The molecular weight excluding hydrogens is 458 g/mol. The normalized spacial score (nSPS) is 15.8. The molecule has 0 aliphatic carbocycles. The molecule has 0 radical (unpaired) electrons. The van der Waals surface area contributed by atoms with Crippen molar-refractivity contribution in [3.63, 3.8) is 0 Å². The molecule has 3 heterocycles. The fourth-order valence-electron chi connectivity index (χ4n) is 4.37. The molecule has 1 saturated heterocycles. The Labute approximate surface area is 201 Å². The molecule has 176 valence electrons. The van der Waals surface area contributed by atoms with Crippen LogP contribution in [0.3, 0.4) is 0 Å². The summed E-state index contributed by atoms with van der Waals surface area (Å²) < 4.78 is 31.0. The quantitative estimate of drug-likeness (QED) is 0.378. The minimum atomic E-state index is -0.439. The van der Waals surface area contributed by atoms with Crippen LogP contribution in [0, 0.1) is 17.6 Å². The molecule has 2 aromatic carbocycles. The summed E-state index contributed by atoms with van der Waals surface area (Å²) in [5.74, 6) is 0.426. The number of aryl methyl sites for hydroxylation is 1. The van der Waals surface area contributed by atoms with Crippen molar-refractivity contribution in [2.45, 2.75) is 32.9 Å². The number of imidazole rings is 1. The van der Waals surface area contributed by atoms with Gasteiger partial charge in [-0.3, -0.25) is 0 Å². The Hall–Kier alpha value is -3.10. The highest BCUT2D eigenvalue weighted by Gasteiger charge is 2.24. The van der Waals surface area contributed by atoms with Crippen molar-refractivity contribution in [1.82, 2.24) is 24.8 Å². The van der Waals surface area contributed by atoms with E-state index in [2.05, 4.69) is 25.6 Å². The molecule has 1 aliphatic heterocycles. The van der Waals surface area contributed by atoms with Gasteiger partial charge in [0, 0.05) is 18.7 Å². The maximum atomic E-state index is 14.8. The molecule has 4 aromatic rings. The van der Waals surface area contributed by atoms with Crippen LogP contribution in [-0.2, 0) is 19.5 Å². The summed E-state index contributed by atoms with van der Waals surface area (Å²) >= 11 is 6.38. The third-order valence-corrected chi connectivity index (χ3v) is 6.55. The Morgan fingerprint density at radius 2 is 2.06 bits per heavy atom. The first-order chi connectivity index (χ1) is 16.5. The predicted octanol–water partition coefficient (Wildman–Crippen LogP) is 5.21. The summed E-state index contributed by atoms with van der Waals surface area (Å²) in [5, 5.41) is 6.78. The standard InChI is InChI=1S/C25H25ClF2N6/c1-2-15-6-7-19(27)17(10-15)12-30-25-31-13-21-23(33-25)34(14-16-8-9-29-11-16)24(32-21)22-18(26)4-3-5-20(22)28/h3-7,10,13,16,29H,2,8-9,11-12,14H2,1H3,(H,30,31,33). The zero-order valence-electron chi connectivity index (χ0n) is 18.8. The SMILES string of the molecule is CCc1ccc(F)c(CNc2ncc3nc(-c4c(F)cccc4Cl)n(CC4CCNC4)c3n2)c1. The van der Waals surface area contributed by atoms with E-state index in [-0.39, 0.29) is 17.9 Å². The molecule has 1 atom stereocenters. The zero-order chi connectivity index (χ0) is 23.7. The van der Waals surface area contributed by atoms with Crippen molar-refractivity contribution in [1.29, 1.82) is 0 Å². The second kappa shape index (κ2) is 9.64. The van der Waals surface area contributed by atoms with Crippen LogP contribution in [-0.4, -0.2) is 32.6 Å². The number of halogens is 3. The highest BCUT2D eigenvalue weighted by Crippen LogP contribution is 2.33. The molecule has 1 fully saturated rings. The van der Waals surface area contributed by atoms with E-state index in [1.165, 1.54) is 12.1 Å². The number of anilines is 1. The number of hydrogen-bond donors (Lipinski definition) is 2. The van der Waals surface area contributed by atoms with E-state index < -0.39 is 5.82 Å². The minimum absolute atomic E-state index is 0.248. The Morgan fingerprint density at radius 1 is 1.18 bits per heavy atom. The number of nitrogens with one attached hydrogen (secondary N) is 2. The number of fused-ring (bicyclic) bond motifs is 1. The van der Waals surface area contributed by atoms with E-state index in [4.69, 9.17) is 11.6 Å². The second-order valence-corrected chi connectivity index (χ2v) is 8.94. The van der Waals surface area contributed by atoms with Gasteiger partial charge in [0.15, 0.2) is 5.65 Å². The lowest BCUT2D eigenvalue weighted by Gasteiger charge is -2.14. The van der Waals surface area contributed by atoms with Crippen LogP contribution >= 0.6 is 11.6 Å². The maximum absolute atomic E-state index is 14.8. The van der Waals surface area contributed by atoms with Crippen LogP contribution in [0.4, 0.5) is 14.7 Å². The van der Waals surface area contributed by atoms with Gasteiger partial charge in [0.25, 0.3) is 0 Å². The molecule has 0 bridgehead atoms. The lowest BCUT2D eigenvalue weighted by molar-refractivity contribution is 0.489. The van der Waals surface area contributed by atoms with Crippen LogP contribution in [0.25, 0.3) is 22.6 Å². The number of hydrogen-bond acceptors (Lipinski definition) is 5. The number of nitrogens with zero attached hydrogens (tertiary/aromatic N) is 4. The zero-order valence-corrected chi connectivity index (χ0v) is 19.5. The first-order valence-electron chi connectivity index (χ1n) is 11.4. The van der Waals surface area contributed by atoms with Crippen LogP contribution in [0.1, 0.15) is 24.5 Å². The molecule has 0 amide bonds. The van der Waals surface area contributed by atoms with Crippen LogP contribution < -0.4 is 10.6 Å². The molecule has 2 N–H and O–H groups in total. The Bertz CT molecular complexity index is 1310. The van der Waals surface area contributed by atoms with E-state index in [9.17, 15) is 8.78 Å². The van der Waals surface area contributed by atoms with Crippen LogP contribution in [0.15, 0.2) is 42.6 Å². The lowest BCUT2D eigenvalue weighted by atomic mass is 10.1. The molecule has 1 aliphatic rings. The molecule has 0 saturated carbocycles. The van der Waals surface area contributed by atoms with Gasteiger partial charge in [0.05, 0.1) is 16.8 Å². The summed E-state index contributed by atoms with van der Waals surface area (Å²) in [6.07, 6.45) is 3.44. The van der Waals surface area contributed by atoms with E-state index in [0.29, 0.717) is 46.0 Å². The molecule has 34 heavy (non-hydrogen) atoms. The van der Waals surface area contributed by atoms with Gasteiger partial charge in [-0.15, -0.1) is 0 Å². The Kier molecular flexibility index (Phi) is 6.43. The maximum Gasteiger partial charge on any atom is 0.225 e.